The molecule has 8 heteroatoms. The Labute approximate surface area is 125 Å². The smallest absolute Gasteiger partial charge is 0.341 e. The number of anilines is 1. The number of nitrogens with one attached hydrogen (secondary N) is 2. The average Bonchev–Trinajstić information content (AvgIpc) is 3.19. The van der Waals surface area contributed by atoms with E-state index in [1.807, 2.05) is 5.38 Å². The van der Waals surface area contributed by atoms with E-state index in [-0.39, 0.29) is 13.0 Å². The van der Waals surface area contributed by atoms with Crippen LogP contribution >= 0.6 is 11.3 Å². The number of thiophene rings is 1. The van der Waals surface area contributed by atoms with Gasteiger partial charge in [0.15, 0.2) is 0 Å². The Morgan fingerprint density at radius 1 is 1.43 bits per heavy atom. The van der Waals surface area contributed by atoms with Crippen LogP contribution in [0.2, 0.25) is 0 Å². The van der Waals surface area contributed by atoms with E-state index >= 15 is 0 Å². The van der Waals surface area contributed by atoms with Gasteiger partial charge < -0.3 is 15.2 Å². The van der Waals surface area contributed by atoms with Crippen molar-refractivity contribution in [1.82, 2.24) is 5.32 Å². The molecule has 0 spiro atoms. The first kappa shape index (κ1) is 15.3. The van der Waals surface area contributed by atoms with E-state index in [9.17, 15) is 14.4 Å². The zero-order chi connectivity index (χ0) is 15.4. The molecule has 7 nitrogen and oxygen atoms in total. The lowest BCUT2D eigenvalue weighted by atomic mass is 10.1. The van der Waals surface area contributed by atoms with Gasteiger partial charge in [-0.2, -0.15) is 0 Å². The first-order chi connectivity index (χ1) is 10.0. The van der Waals surface area contributed by atoms with Crippen molar-refractivity contribution >= 4 is 34.3 Å². The number of urea groups is 1. The predicted octanol–water partition coefficient (Wildman–Crippen LogP) is 2.01. The van der Waals surface area contributed by atoms with Crippen molar-refractivity contribution in [3.63, 3.8) is 0 Å². The van der Waals surface area contributed by atoms with Crippen molar-refractivity contribution in [2.24, 2.45) is 0 Å². The minimum atomic E-state index is -0.988. The molecule has 2 rings (SSSR count). The van der Waals surface area contributed by atoms with Crippen molar-refractivity contribution in [2.45, 2.75) is 25.2 Å². The number of aliphatic carboxylic acids is 1. The lowest BCUT2D eigenvalue weighted by molar-refractivity contribution is -0.136. The van der Waals surface area contributed by atoms with E-state index < -0.39 is 18.0 Å². The molecule has 114 valence electrons. The van der Waals surface area contributed by atoms with Crippen LogP contribution in [0.3, 0.4) is 0 Å². The maximum Gasteiger partial charge on any atom is 0.341 e. The zero-order valence-electron chi connectivity index (χ0n) is 11.5. The Balaban J connectivity index is 2.03. The fourth-order valence-corrected chi connectivity index (χ4v) is 2.93. The molecule has 0 bridgehead atoms. The summed E-state index contributed by atoms with van der Waals surface area (Å²) >= 11 is 1.27. The van der Waals surface area contributed by atoms with Gasteiger partial charge in [-0.3, -0.25) is 10.1 Å². The van der Waals surface area contributed by atoms with E-state index in [4.69, 9.17) is 9.84 Å². The van der Waals surface area contributed by atoms with Crippen LogP contribution in [0, 0.1) is 0 Å². The van der Waals surface area contributed by atoms with Gasteiger partial charge in [-0.25, -0.2) is 9.59 Å². The van der Waals surface area contributed by atoms with E-state index in [2.05, 4.69) is 10.6 Å². The molecule has 3 N–H and O–H groups in total. The lowest BCUT2D eigenvalue weighted by Crippen LogP contribution is -2.30. The summed E-state index contributed by atoms with van der Waals surface area (Å²) in [5.74, 6) is -1.10. The minimum Gasteiger partial charge on any atom is -0.481 e. The second kappa shape index (κ2) is 6.57. The third-order valence-electron chi connectivity index (χ3n) is 3.08. The standard InChI is InChI=1S/C13H16N2O5S/c1-20-12(18)10-8(7-2-3-7)6-21-11(10)15-13(19)14-5-4-9(16)17/h6-7H,2-5H2,1H3,(H,16,17)(H2,14,15,19). The number of hydrogen-bond acceptors (Lipinski definition) is 5. The summed E-state index contributed by atoms with van der Waals surface area (Å²) in [6.45, 7) is 0.0234. The highest BCUT2D eigenvalue weighted by Gasteiger charge is 2.32. The molecule has 1 aromatic rings. The third kappa shape index (κ3) is 3.94. The molecule has 0 radical (unpaired) electrons. The van der Waals surface area contributed by atoms with Crippen LogP contribution in [0.1, 0.15) is 41.1 Å². The first-order valence-corrected chi connectivity index (χ1v) is 7.37. The van der Waals surface area contributed by atoms with E-state index in [1.165, 1.54) is 18.4 Å². The number of amides is 2. The van der Waals surface area contributed by atoms with E-state index in [0.717, 1.165) is 18.4 Å². The summed E-state index contributed by atoms with van der Waals surface area (Å²) in [7, 11) is 1.30. The fourth-order valence-electron chi connectivity index (χ4n) is 1.90. The molecule has 0 saturated heterocycles. The molecule has 1 aromatic heterocycles. The number of esters is 1. The number of carboxylic acids is 1. The van der Waals surface area contributed by atoms with Gasteiger partial charge in [0.05, 0.1) is 19.1 Å². The Kier molecular flexibility index (Phi) is 4.79. The van der Waals surface area contributed by atoms with Crippen LogP contribution in [0.5, 0.6) is 0 Å². The molecular formula is C13H16N2O5S. The summed E-state index contributed by atoms with van der Waals surface area (Å²) in [6.07, 6.45) is 1.91. The molecular weight excluding hydrogens is 296 g/mol. The van der Waals surface area contributed by atoms with Gasteiger partial charge in [-0.05, 0) is 29.7 Å². The van der Waals surface area contributed by atoms with Gasteiger partial charge in [0.25, 0.3) is 0 Å². The first-order valence-electron chi connectivity index (χ1n) is 6.49. The van der Waals surface area contributed by atoms with Gasteiger partial charge in [-0.1, -0.05) is 0 Å². The van der Waals surface area contributed by atoms with E-state index in [0.29, 0.717) is 16.5 Å². The SMILES string of the molecule is COC(=O)c1c(C2CC2)csc1NC(=O)NCCC(=O)O. The van der Waals surface area contributed by atoms with Gasteiger partial charge >= 0.3 is 18.0 Å². The quantitative estimate of drug-likeness (QED) is 0.697. The number of hydrogen-bond donors (Lipinski definition) is 3. The number of methoxy groups -OCH3 is 1. The largest absolute Gasteiger partial charge is 0.481 e. The molecule has 1 fully saturated rings. The number of rotatable bonds is 6. The summed E-state index contributed by atoms with van der Waals surface area (Å²) in [4.78, 5) is 33.9. The molecule has 1 aliphatic rings. The summed E-state index contributed by atoms with van der Waals surface area (Å²) in [5, 5.41) is 15.8. The number of carboxylic acid groups (broad SMARTS) is 1. The maximum atomic E-state index is 11.9. The minimum absolute atomic E-state index is 0.0234. The van der Waals surface area contributed by atoms with Crippen molar-refractivity contribution in [3.05, 3.63) is 16.5 Å². The van der Waals surface area contributed by atoms with Crippen LogP contribution in [-0.2, 0) is 9.53 Å². The summed E-state index contributed by atoms with van der Waals surface area (Å²) < 4.78 is 4.77. The van der Waals surface area contributed by atoms with Crippen LogP contribution in [0.25, 0.3) is 0 Å². The Morgan fingerprint density at radius 2 is 2.14 bits per heavy atom. The highest BCUT2D eigenvalue weighted by Crippen LogP contribution is 2.46. The molecule has 0 aliphatic heterocycles. The summed E-state index contributed by atoms with van der Waals surface area (Å²) in [6, 6.07) is -0.536. The second-order valence-corrected chi connectivity index (χ2v) is 5.57. The lowest BCUT2D eigenvalue weighted by Gasteiger charge is -2.08. The Morgan fingerprint density at radius 3 is 2.71 bits per heavy atom. The molecule has 0 unspecified atom stereocenters. The third-order valence-corrected chi connectivity index (χ3v) is 3.99. The van der Waals surface area contributed by atoms with E-state index in [1.54, 1.807) is 0 Å². The topological polar surface area (TPSA) is 105 Å². The molecule has 1 aliphatic carbocycles. The number of carbonyl (C=O) groups excluding carboxylic acids is 2. The normalized spacial score (nSPS) is 13.6. The monoisotopic (exact) mass is 312 g/mol. The van der Waals surface area contributed by atoms with Crippen LogP contribution in [-0.4, -0.2) is 36.7 Å². The van der Waals surface area contributed by atoms with Gasteiger partial charge in [0.2, 0.25) is 0 Å². The molecule has 0 aromatic carbocycles. The fraction of sp³-hybridized carbons (Fsp3) is 0.462. The average molecular weight is 312 g/mol. The van der Waals surface area contributed by atoms with Crippen LogP contribution < -0.4 is 10.6 Å². The van der Waals surface area contributed by atoms with Gasteiger partial charge in [0, 0.05) is 6.54 Å². The molecule has 0 atom stereocenters. The van der Waals surface area contributed by atoms with Crippen LogP contribution in [0.15, 0.2) is 5.38 Å². The molecule has 1 heterocycles. The molecule has 1 saturated carbocycles. The maximum absolute atomic E-state index is 11.9. The van der Waals surface area contributed by atoms with Crippen LogP contribution in [0.4, 0.5) is 9.80 Å². The number of ether oxygens (including phenoxy) is 1. The van der Waals surface area contributed by atoms with Crippen molar-refractivity contribution in [3.8, 4) is 0 Å². The Bertz CT molecular complexity index is 565. The van der Waals surface area contributed by atoms with Gasteiger partial charge in [0.1, 0.15) is 5.00 Å². The highest BCUT2D eigenvalue weighted by atomic mass is 32.1. The predicted molar refractivity (Wildman–Crippen MR) is 76.9 cm³/mol. The van der Waals surface area contributed by atoms with Crippen molar-refractivity contribution in [1.29, 1.82) is 0 Å². The van der Waals surface area contributed by atoms with Gasteiger partial charge in [-0.15, -0.1) is 11.3 Å². The molecule has 21 heavy (non-hydrogen) atoms. The summed E-state index contributed by atoms with van der Waals surface area (Å²) in [5.41, 5.74) is 1.31. The Hall–Kier alpha value is -2.09. The van der Waals surface area contributed by atoms with Crippen molar-refractivity contribution < 1.29 is 24.2 Å². The number of carbonyl (C=O) groups is 3. The second-order valence-electron chi connectivity index (χ2n) is 4.69. The van der Waals surface area contributed by atoms with Crippen molar-refractivity contribution in [2.75, 3.05) is 19.0 Å². The zero-order valence-corrected chi connectivity index (χ0v) is 12.3. The molecule has 2 amide bonds. The highest BCUT2D eigenvalue weighted by molar-refractivity contribution is 7.15.